The third kappa shape index (κ3) is 4.60. The minimum Gasteiger partial charge on any atom is -0.374 e. The van der Waals surface area contributed by atoms with Crippen molar-refractivity contribution < 1.29 is 9.26 Å². The fraction of sp³-hybridized carbons (Fsp3) is 0.625. The summed E-state index contributed by atoms with van der Waals surface area (Å²) in [6.07, 6.45) is 1.04. The number of methoxy groups -OCH3 is 1. The van der Waals surface area contributed by atoms with Crippen molar-refractivity contribution in [1.82, 2.24) is 19.9 Å². The Labute approximate surface area is 141 Å². The van der Waals surface area contributed by atoms with Gasteiger partial charge in [-0.2, -0.15) is 16.3 Å². The topological polar surface area (TPSA) is 54.6 Å². The van der Waals surface area contributed by atoms with Crippen LogP contribution in [-0.2, 0) is 17.8 Å². The molecule has 0 aromatic carbocycles. The largest absolute Gasteiger partial charge is 0.374 e. The van der Waals surface area contributed by atoms with Crippen molar-refractivity contribution in [3.63, 3.8) is 0 Å². The minimum atomic E-state index is -0.127. The van der Waals surface area contributed by atoms with Crippen molar-refractivity contribution >= 4 is 11.3 Å². The highest BCUT2D eigenvalue weighted by Gasteiger charge is 2.19. The van der Waals surface area contributed by atoms with E-state index >= 15 is 0 Å². The molecule has 3 heterocycles. The molecule has 1 aliphatic heterocycles. The Hall–Kier alpha value is -1.28. The van der Waals surface area contributed by atoms with Gasteiger partial charge in [0.2, 0.25) is 5.89 Å². The van der Waals surface area contributed by atoms with E-state index in [9.17, 15) is 0 Å². The second-order valence-corrected chi connectivity index (χ2v) is 6.74. The van der Waals surface area contributed by atoms with E-state index in [4.69, 9.17) is 9.26 Å². The molecule has 0 N–H and O–H groups in total. The van der Waals surface area contributed by atoms with Gasteiger partial charge in [-0.15, -0.1) is 0 Å². The average Bonchev–Trinajstić information content (AvgIpc) is 3.18. The van der Waals surface area contributed by atoms with E-state index in [-0.39, 0.29) is 6.10 Å². The first-order valence-corrected chi connectivity index (χ1v) is 9.00. The summed E-state index contributed by atoms with van der Waals surface area (Å²) in [4.78, 5) is 9.34. The number of ether oxygens (including phenoxy) is 1. The van der Waals surface area contributed by atoms with Gasteiger partial charge in [-0.05, 0) is 48.8 Å². The van der Waals surface area contributed by atoms with Gasteiger partial charge in [-0.1, -0.05) is 5.16 Å². The monoisotopic (exact) mass is 336 g/mol. The van der Waals surface area contributed by atoms with Crippen molar-refractivity contribution in [1.29, 1.82) is 0 Å². The Bertz CT molecular complexity index is 587. The Kier molecular flexibility index (Phi) is 5.77. The smallest absolute Gasteiger partial charge is 0.240 e. The summed E-state index contributed by atoms with van der Waals surface area (Å²) >= 11 is 1.77. The number of hydrogen-bond acceptors (Lipinski definition) is 7. The molecule has 6 nitrogen and oxygen atoms in total. The van der Waals surface area contributed by atoms with Crippen LogP contribution in [0.5, 0.6) is 0 Å². The number of thiophene rings is 1. The zero-order valence-corrected chi connectivity index (χ0v) is 14.6. The summed E-state index contributed by atoms with van der Waals surface area (Å²) in [6.45, 7) is 8.00. The standard InChI is InChI=1S/C16H24N4O2S/c1-13(21-2)16-17-15(22-18-16)11-20-6-3-5-19(7-8-20)10-14-4-9-23-12-14/h4,9,12-13H,3,5-8,10-11H2,1-2H3/t13-/m0/s1. The summed E-state index contributed by atoms with van der Waals surface area (Å²) < 4.78 is 10.6. The van der Waals surface area contributed by atoms with Crippen LogP contribution in [-0.4, -0.2) is 53.2 Å². The summed E-state index contributed by atoms with van der Waals surface area (Å²) in [5, 5.41) is 8.38. The molecule has 1 atom stereocenters. The maximum Gasteiger partial charge on any atom is 0.240 e. The molecule has 0 spiro atoms. The molecule has 7 heteroatoms. The highest BCUT2D eigenvalue weighted by Crippen LogP contribution is 2.15. The van der Waals surface area contributed by atoms with E-state index in [1.54, 1.807) is 18.4 Å². The van der Waals surface area contributed by atoms with Gasteiger partial charge in [-0.3, -0.25) is 9.80 Å². The molecule has 2 aromatic rings. The van der Waals surface area contributed by atoms with Crippen molar-refractivity contribution in [2.75, 3.05) is 33.3 Å². The lowest BCUT2D eigenvalue weighted by Crippen LogP contribution is -2.30. The van der Waals surface area contributed by atoms with Gasteiger partial charge in [0.05, 0.1) is 6.54 Å². The lowest BCUT2D eigenvalue weighted by Gasteiger charge is -2.20. The molecule has 0 amide bonds. The Balaban J connectivity index is 1.51. The number of rotatable bonds is 6. The van der Waals surface area contributed by atoms with E-state index in [0.29, 0.717) is 11.7 Å². The average molecular weight is 336 g/mol. The first-order chi connectivity index (χ1) is 11.2. The minimum absolute atomic E-state index is 0.127. The SMILES string of the molecule is CO[C@@H](C)c1noc(CN2CCCN(Cc3ccsc3)CC2)n1. The van der Waals surface area contributed by atoms with Crippen LogP contribution in [0.3, 0.4) is 0 Å². The molecule has 0 bridgehead atoms. The highest BCUT2D eigenvalue weighted by molar-refractivity contribution is 7.07. The molecule has 0 aliphatic carbocycles. The Morgan fingerprint density at radius 2 is 2.04 bits per heavy atom. The number of nitrogens with zero attached hydrogens (tertiary/aromatic N) is 4. The Morgan fingerprint density at radius 1 is 1.26 bits per heavy atom. The maximum absolute atomic E-state index is 5.35. The summed E-state index contributed by atoms with van der Waals surface area (Å²) in [7, 11) is 1.65. The summed E-state index contributed by atoms with van der Waals surface area (Å²) in [5.74, 6) is 1.30. The first kappa shape index (κ1) is 16.6. The molecule has 1 saturated heterocycles. The molecule has 2 aromatic heterocycles. The van der Waals surface area contributed by atoms with Crippen LogP contribution in [0.15, 0.2) is 21.3 Å². The molecule has 3 rings (SSSR count). The Morgan fingerprint density at radius 3 is 2.74 bits per heavy atom. The maximum atomic E-state index is 5.35. The third-order valence-electron chi connectivity index (χ3n) is 4.23. The molecule has 23 heavy (non-hydrogen) atoms. The molecule has 0 unspecified atom stereocenters. The zero-order chi connectivity index (χ0) is 16.1. The van der Waals surface area contributed by atoms with E-state index in [2.05, 4.69) is 36.8 Å². The highest BCUT2D eigenvalue weighted by atomic mass is 32.1. The van der Waals surface area contributed by atoms with Crippen LogP contribution >= 0.6 is 11.3 Å². The normalized spacial score (nSPS) is 18.9. The fourth-order valence-electron chi connectivity index (χ4n) is 2.78. The lowest BCUT2D eigenvalue weighted by atomic mass is 10.3. The molecule has 0 saturated carbocycles. The predicted molar refractivity (Wildman–Crippen MR) is 89.2 cm³/mol. The van der Waals surface area contributed by atoms with Crippen LogP contribution in [0, 0.1) is 0 Å². The zero-order valence-electron chi connectivity index (χ0n) is 13.8. The molecule has 1 aliphatic rings. The van der Waals surface area contributed by atoms with E-state index in [0.717, 1.165) is 39.3 Å². The van der Waals surface area contributed by atoms with E-state index in [1.807, 2.05) is 6.92 Å². The fourth-order valence-corrected chi connectivity index (χ4v) is 3.44. The molecular formula is C16H24N4O2S. The number of hydrogen-bond donors (Lipinski definition) is 0. The first-order valence-electron chi connectivity index (χ1n) is 8.05. The summed E-state index contributed by atoms with van der Waals surface area (Å²) in [5.41, 5.74) is 1.42. The van der Waals surface area contributed by atoms with Crippen molar-refractivity contribution in [2.24, 2.45) is 0 Å². The quantitative estimate of drug-likeness (QED) is 0.808. The van der Waals surface area contributed by atoms with Crippen LogP contribution < -0.4 is 0 Å². The van der Waals surface area contributed by atoms with Gasteiger partial charge < -0.3 is 9.26 Å². The van der Waals surface area contributed by atoms with Gasteiger partial charge in [0.1, 0.15) is 6.10 Å². The molecule has 1 fully saturated rings. The second-order valence-electron chi connectivity index (χ2n) is 5.96. The molecule has 126 valence electrons. The van der Waals surface area contributed by atoms with E-state index < -0.39 is 0 Å². The third-order valence-corrected chi connectivity index (χ3v) is 4.96. The van der Waals surface area contributed by atoms with Gasteiger partial charge in [0, 0.05) is 26.7 Å². The number of aromatic nitrogens is 2. The lowest BCUT2D eigenvalue weighted by molar-refractivity contribution is 0.109. The van der Waals surface area contributed by atoms with E-state index in [1.165, 1.54) is 12.0 Å². The summed E-state index contributed by atoms with van der Waals surface area (Å²) in [6, 6.07) is 2.21. The van der Waals surface area contributed by atoms with Crippen LogP contribution in [0.2, 0.25) is 0 Å². The van der Waals surface area contributed by atoms with Crippen LogP contribution in [0.4, 0.5) is 0 Å². The van der Waals surface area contributed by atoms with Crippen molar-refractivity contribution in [3.8, 4) is 0 Å². The van der Waals surface area contributed by atoms with Gasteiger partial charge >= 0.3 is 0 Å². The van der Waals surface area contributed by atoms with Crippen molar-refractivity contribution in [2.45, 2.75) is 32.5 Å². The van der Waals surface area contributed by atoms with Gasteiger partial charge in [0.15, 0.2) is 5.82 Å². The molecule has 0 radical (unpaired) electrons. The van der Waals surface area contributed by atoms with Gasteiger partial charge in [-0.25, -0.2) is 0 Å². The second kappa shape index (κ2) is 8.01. The predicted octanol–water partition coefficient (Wildman–Crippen LogP) is 2.55. The van der Waals surface area contributed by atoms with Crippen LogP contribution in [0.25, 0.3) is 0 Å². The van der Waals surface area contributed by atoms with Gasteiger partial charge in [0.25, 0.3) is 0 Å². The van der Waals surface area contributed by atoms with Crippen molar-refractivity contribution in [3.05, 3.63) is 34.1 Å². The molecular weight excluding hydrogens is 312 g/mol. The van der Waals surface area contributed by atoms with Crippen LogP contribution in [0.1, 0.15) is 36.7 Å².